The molecule has 0 aromatic heterocycles. The molecule has 56 valence electrons. The lowest BCUT2D eigenvalue weighted by Crippen LogP contribution is -2.34. The van der Waals surface area contributed by atoms with Crippen LogP contribution in [0.1, 0.15) is 19.3 Å². The summed E-state index contributed by atoms with van der Waals surface area (Å²) in [6, 6.07) is 0. The van der Waals surface area contributed by atoms with Crippen LogP contribution >= 0.6 is 0 Å². The Bertz CT molecular complexity index is 56.3. The summed E-state index contributed by atoms with van der Waals surface area (Å²) in [6.45, 7) is 0.774. The lowest BCUT2D eigenvalue weighted by Gasteiger charge is -2.07. The highest BCUT2D eigenvalue weighted by atomic mass is 15.0. The Hall–Kier alpha value is -0.120. The summed E-state index contributed by atoms with van der Waals surface area (Å²) in [7, 11) is 1.87. The number of nitrogens with one attached hydrogen (secondary N) is 1. The smallest absolute Gasteiger partial charge is 0.0543 e. The Labute approximate surface area is 56.8 Å². The Morgan fingerprint density at radius 3 is 2.56 bits per heavy atom. The molecule has 0 heterocycles. The van der Waals surface area contributed by atoms with Crippen molar-refractivity contribution in [1.29, 1.82) is 0 Å². The van der Waals surface area contributed by atoms with E-state index in [2.05, 4.69) is 5.32 Å². The second-order valence-corrected chi connectivity index (χ2v) is 2.18. The van der Waals surface area contributed by atoms with Crippen LogP contribution in [0.5, 0.6) is 0 Å². The minimum absolute atomic E-state index is 0.150. The van der Waals surface area contributed by atoms with Crippen molar-refractivity contribution in [3.63, 3.8) is 0 Å². The van der Waals surface area contributed by atoms with E-state index >= 15 is 0 Å². The summed E-state index contributed by atoms with van der Waals surface area (Å²) < 4.78 is 0. The van der Waals surface area contributed by atoms with Crippen LogP contribution in [0.15, 0.2) is 0 Å². The minimum Gasteiger partial charge on any atom is -0.330 e. The minimum atomic E-state index is 0.150. The fourth-order valence-electron chi connectivity index (χ4n) is 0.653. The number of unbranched alkanes of at least 4 members (excludes halogenated alkanes) is 1. The average molecular weight is 131 g/mol. The first kappa shape index (κ1) is 8.88. The molecular formula is C6H17N3. The number of rotatable bonds is 5. The van der Waals surface area contributed by atoms with Gasteiger partial charge in [-0.25, -0.2) is 0 Å². The molecule has 0 rings (SSSR count). The summed E-state index contributed by atoms with van der Waals surface area (Å²) in [5, 5.41) is 2.96. The van der Waals surface area contributed by atoms with E-state index in [0.717, 1.165) is 25.8 Å². The summed E-state index contributed by atoms with van der Waals surface area (Å²) in [5.41, 5.74) is 10.9. The predicted octanol–water partition coefficient (Wildman–Crippen LogP) is -0.380. The van der Waals surface area contributed by atoms with E-state index in [9.17, 15) is 0 Å². The van der Waals surface area contributed by atoms with Gasteiger partial charge < -0.3 is 16.8 Å². The summed E-state index contributed by atoms with van der Waals surface area (Å²) in [6.07, 6.45) is 3.37. The van der Waals surface area contributed by atoms with Gasteiger partial charge in [0.05, 0.1) is 6.17 Å². The molecule has 0 amide bonds. The first-order valence-electron chi connectivity index (χ1n) is 3.44. The van der Waals surface area contributed by atoms with E-state index in [-0.39, 0.29) is 6.17 Å². The monoisotopic (exact) mass is 131 g/mol. The van der Waals surface area contributed by atoms with Crippen LogP contribution in [0.4, 0.5) is 0 Å². The van der Waals surface area contributed by atoms with Crippen LogP contribution < -0.4 is 16.8 Å². The molecule has 0 aliphatic carbocycles. The van der Waals surface area contributed by atoms with Gasteiger partial charge in [0.1, 0.15) is 0 Å². The van der Waals surface area contributed by atoms with Crippen molar-refractivity contribution in [1.82, 2.24) is 5.32 Å². The molecule has 3 nitrogen and oxygen atoms in total. The molecule has 0 saturated heterocycles. The van der Waals surface area contributed by atoms with Crippen LogP contribution in [0.25, 0.3) is 0 Å². The quantitative estimate of drug-likeness (QED) is 0.352. The third-order valence-corrected chi connectivity index (χ3v) is 1.34. The van der Waals surface area contributed by atoms with Crippen LogP contribution in [0.2, 0.25) is 0 Å². The Morgan fingerprint density at radius 1 is 1.44 bits per heavy atom. The first-order chi connectivity index (χ1) is 4.31. The highest BCUT2D eigenvalue weighted by Crippen LogP contribution is 1.93. The average Bonchev–Trinajstić information content (AvgIpc) is 1.89. The molecule has 0 fully saturated rings. The van der Waals surface area contributed by atoms with Crippen molar-refractivity contribution in [2.75, 3.05) is 13.6 Å². The zero-order valence-corrected chi connectivity index (χ0v) is 6.06. The second-order valence-electron chi connectivity index (χ2n) is 2.18. The van der Waals surface area contributed by atoms with Crippen molar-refractivity contribution < 1.29 is 0 Å². The fourth-order valence-corrected chi connectivity index (χ4v) is 0.653. The van der Waals surface area contributed by atoms with Gasteiger partial charge in [-0.2, -0.15) is 0 Å². The molecule has 0 aliphatic heterocycles. The van der Waals surface area contributed by atoms with Crippen molar-refractivity contribution in [2.45, 2.75) is 25.4 Å². The van der Waals surface area contributed by atoms with Crippen molar-refractivity contribution >= 4 is 0 Å². The van der Waals surface area contributed by atoms with E-state index in [1.54, 1.807) is 0 Å². The van der Waals surface area contributed by atoms with Gasteiger partial charge >= 0.3 is 0 Å². The molecule has 0 radical (unpaired) electrons. The number of hydrogen-bond donors (Lipinski definition) is 3. The van der Waals surface area contributed by atoms with Crippen LogP contribution in [-0.2, 0) is 0 Å². The Morgan fingerprint density at radius 2 is 2.11 bits per heavy atom. The van der Waals surface area contributed by atoms with Gasteiger partial charge in [0, 0.05) is 0 Å². The van der Waals surface area contributed by atoms with Gasteiger partial charge in [-0.3, -0.25) is 0 Å². The molecule has 0 aliphatic rings. The van der Waals surface area contributed by atoms with Crippen LogP contribution in [-0.4, -0.2) is 19.8 Å². The molecule has 5 N–H and O–H groups in total. The highest BCUT2D eigenvalue weighted by molar-refractivity contribution is 4.54. The molecule has 0 aromatic rings. The maximum atomic E-state index is 5.56. The van der Waals surface area contributed by atoms with E-state index < -0.39 is 0 Å². The SMILES string of the molecule is CNC(N)CCCCN. The summed E-state index contributed by atoms with van der Waals surface area (Å²) in [4.78, 5) is 0. The van der Waals surface area contributed by atoms with Crippen LogP contribution in [0, 0.1) is 0 Å². The number of hydrogen-bond acceptors (Lipinski definition) is 3. The molecule has 1 atom stereocenters. The Kier molecular flexibility index (Phi) is 5.93. The van der Waals surface area contributed by atoms with Gasteiger partial charge in [-0.15, -0.1) is 0 Å². The molecule has 0 spiro atoms. The third kappa shape index (κ3) is 5.76. The van der Waals surface area contributed by atoms with E-state index in [1.165, 1.54) is 0 Å². The predicted molar refractivity (Wildman–Crippen MR) is 39.9 cm³/mol. The standard InChI is InChI=1S/C6H17N3/c1-9-6(8)4-2-3-5-7/h6,9H,2-5,7-8H2,1H3. The van der Waals surface area contributed by atoms with Crippen LogP contribution in [0.3, 0.4) is 0 Å². The Balaban J connectivity index is 2.88. The maximum Gasteiger partial charge on any atom is 0.0543 e. The van der Waals surface area contributed by atoms with Crippen molar-refractivity contribution in [2.24, 2.45) is 11.5 Å². The topological polar surface area (TPSA) is 64.1 Å². The lowest BCUT2D eigenvalue weighted by molar-refractivity contribution is 0.512. The normalized spacial score (nSPS) is 13.7. The first-order valence-corrected chi connectivity index (χ1v) is 3.44. The number of nitrogens with two attached hydrogens (primary N) is 2. The van der Waals surface area contributed by atoms with Gasteiger partial charge in [0.25, 0.3) is 0 Å². The molecule has 0 aromatic carbocycles. The molecular weight excluding hydrogens is 114 g/mol. The zero-order chi connectivity index (χ0) is 7.11. The molecule has 1 unspecified atom stereocenters. The van der Waals surface area contributed by atoms with Gasteiger partial charge in [-0.05, 0) is 32.9 Å². The molecule has 9 heavy (non-hydrogen) atoms. The third-order valence-electron chi connectivity index (χ3n) is 1.34. The highest BCUT2D eigenvalue weighted by Gasteiger charge is 1.95. The fraction of sp³-hybridized carbons (Fsp3) is 1.00. The van der Waals surface area contributed by atoms with Gasteiger partial charge in [0.15, 0.2) is 0 Å². The van der Waals surface area contributed by atoms with Crippen molar-refractivity contribution in [3.05, 3.63) is 0 Å². The second kappa shape index (κ2) is 6.01. The van der Waals surface area contributed by atoms with E-state index in [1.807, 2.05) is 7.05 Å². The molecule has 3 heteroatoms. The maximum absolute atomic E-state index is 5.56. The van der Waals surface area contributed by atoms with E-state index in [0.29, 0.717) is 0 Å². The largest absolute Gasteiger partial charge is 0.330 e. The van der Waals surface area contributed by atoms with Gasteiger partial charge in [0.2, 0.25) is 0 Å². The molecule has 0 bridgehead atoms. The van der Waals surface area contributed by atoms with E-state index in [4.69, 9.17) is 11.5 Å². The summed E-state index contributed by atoms with van der Waals surface area (Å²) in [5.74, 6) is 0. The lowest BCUT2D eigenvalue weighted by atomic mass is 10.2. The van der Waals surface area contributed by atoms with Crippen molar-refractivity contribution in [3.8, 4) is 0 Å². The zero-order valence-electron chi connectivity index (χ0n) is 6.06. The molecule has 0 saturated carbocycles. The summed E-state index contributed by atoms with van der Waals surface area (Å²) >= 11 is 0. The van der Waals surface area contributed by atoms with Gasteiger partial charge in [-0.1, -0.05) is 0 Å².